The predicted octanol–water partition coefficient (Wildman–Crippen LogP) is 2.57. The number of anilines is 2. The maximum absolute atomic E-state index is 12.3. The largest absolute Gasteiger partial charge is 0.378 e. The van der Waals surface area contributed by atoms with Crippen LogP contribution in [0.15, 0.2) is 53.6 Å². The van der Waals surface area contributed by atoms with E-state index in [1.807, 2.05) is 12.1 Å². The number of halogens is 1. The van der Waals surface area contributed by atoms with Crippen LogP contribution < -0.4 is 21.1 Å². The van der Waals surface area contributed by atoms with Crippen molar-refractivity contribution in [2.75, 3.05) is 56.5 Å². The molecule has 0 saturated carbocycles. The summed E-state index contributed by atoms with van der Waals surface area (Å²) in [5, 5.41) is 10.2. The fraction of sp³-hybridized carbons (Fsp3) is 0.469. The number of likely N-dealkylation sites (tertiary alicyclic amines) is 1. The molecule has 0 radical (unpaired) electrons. The lowest BCUT2D eigenvalue weighted by atomic mass is 9.87. The Labute approximate surface area is 262 Å². The van der Waals surface area contributed by atoms with Gasteiger partial charge in [0.1, 0.15) is 5.02 Å². The number of pyridine rings is 1. The van der Waals surface area contributed by atoms with Gasteiger partial charge in [0.15, 0.2) is 0 Å². The zero-order chi connectivity index (χ0) is 30.8. The lowest BCUT2D eigenvalue weighted by Gasteiger charge is -2.37. The van der Waals surface area contributed by atoms with Crippen LogP contribution >= 0.6 is 11.6 Å². The molecule has 5 heterocycles. The number of carbonyl (C=O) groups excluding carboxylic acids is 2. The zero-order valence-electron chi connectivity index (χ0n) is 25.2. The topological polar surface area (TPSA) is 116 Å². The Hall–Kier alpha value is -3.80. The van der Waals surface area contributed by atoms with Crippen molar-refractivity contribution in [1.29, 1.82) is 0 Å². The van der Waals surface area contributed by atoms with E-state index >= 15 is 0 Å². The first-order valence-electron chi connectivity index (χ1n) is 15.3. The van der Waals surface area contributed by atoms with Gasteiger partial charge in [-0.3, -0.25) is 29.6 Å². The summed E-state index contributed by atoms with van der Waals surface area (Å²) in [6, 6.07) is 13.2. The van der Waals surface area contributed by atoms with Gasteiger partial charge in [0.05, 0.1) is 23.5 Å². The van der Waals surface area contributed by atoms with Crippen molar-refractivity contribution in [3.8, 4) is 0 Å². The number of hydrogen-bond acceptors (Lipinski definition) is 9. The molecule has 11 nitrogen and oxygen atoms in total. The Morgan fingerprint density at radius 3 is 2.55 bits per heavy atom. The molecule has 3 atom stereocenters. The first-order chi connectivity index (χ1) is 21.2. The summed E-state index contributed by atoms with van der Waals surface area (Å²) in [6.45, 7) is 6.41. The van der Waals surface area contributed by atoms with E-state index in [2.05, 4.69) is 66.7 Å². The van der Waals surface area contributed by atoms with Crippen LogP contribution in [0.3, 0.4) is 0 Å². The third kappa shape index (κ3) is 6.80. The number of amides is 2. The van der Waals surface area contributed by atoms with E-state index in [-0.39, 0.29) is 34.4 Å². The fourth-order valence-corrected chi connectivity index (χ4v) is 6.84. The highest BCUT2D eigenvalue weighted by Crippen LogP contribution is 2.30. The Morgan fingerprint density at radius 2 is 1.80 bits per heavy atom. The maximum atomic E-state index is 12.3. The minimum absolute atomic E-state index is 0.154. The first-order valence-corrected chi connectivity index (χ1v) is 15.6. The van der Waals surface area contributed by atoms with Gasteiger partial charge in [0, 0.05) is 77.2 Å². The number of imide groups is 1. The number of likely N-dealkylation sites (N-methyl/N-ethyl adjacent to an activating group) is 1. The molecule has 1 aromatic carbocycles. The van der Waals surface area contributed by atoms with Gasteiger partial charge >= 0.3 is 0 Å². The lowest BCUT2D eigenvalue weighted by Crippen LogP contribution is -2.46. The van der Waals surface area contributed by atoms with E-state index in [9.17, 15) is 14.4 Å². The molecule has 3 aromatic rings. The molecule has 3 fully saturated rings. The highest BCUT2D eigenvalue weighted by atomic mass is 35.5. The Balaban J connectivity index is 1.02. The van der Waals surface area contributed by atoms with E-state index in [0.717, 1.165) is 63.6 Å². The number of benzene rings is 1. The molecular formula is C32H39ClN8O3. The van der Waals surface area contributed by atoms with Crippen LogP contribution in [0.4, 0.5) is 11.4 Å². The molecule has 6 rings (SSSR count). The zero-order valence-corrected chi connectivity index (χ0v) is 26.0. The molecular weight excluding hydrogens is 580 g/mol. The number of piperazine rings is 1. The average molecular weight is 619 g/mol. The molecule has 232 valence electrons. The van der Waals surface area contributed by atoms with Crippen LogP contribution in [-0.2, 0) is 23.2 Å². The highest BCUT2D eigenvalue weighted by molar-refractivity contribution is 6.32. The number of hydrogen-bond donors (Lipinski definition) is 2. The van der Waals surface area contributed by atoms with Crippen molar-refractivity contribution >= 4 is 34.8 Å². The Morgan fingerprint density at radius 1 is 1.02 bits per heavy atom. The van der Waals surface area contributed by atoms with E-state index in [1.54, 1.807) is 19.4 Å². The maximum Gasteiger partial charge on any atom is 0.287 e. The summed E-state index contributed by atoms with van der Waals surface area (Å²) in [4.78, 5) is 47.7. The number of carbonyl (C=O) groups is 2. The third-order valence-corrected chi connectivity index (χ3v) is 9.39. The van der Waals surface area contributed by atoms with Crippen molar-refractivity contribution < 1.29 is 9.59 Å². The lowest BCUT2D eigenvalue weighted by molar-refractivity contribution is -0.134. The summed E-state index contributed by atoms with van der Waals surface area (Å²) in [5.74, 6) is -0.467. The standard InChI is InChI=1S/C32H39ClN8O3/c1-38-19-23(15-24(20-38)36-28-17-35-39(2)32(44)30(28)33)22-5-3-21(4-6-22)18-40-11-13-41(14-12-40)25-9-10-34-27(16-25)26-7-8-29(42)37-31(26)43/h3-6,9-10,16-17,23-24,26,36H,7-8,11-15,18-20H2,1-2H3,(H,37,42,43)/t23-,24+,26?/m0/s1. The van der Waals surface area contributed by atoms with Crippen LogP contribution in [0.2, 0.25) is 5.02 Å². The average Bonchev–Trinajstić information content (AvgIpc) is 3.02. The fourth-order valence-electron chi connectivity index (χ4n) is 6.61. The number of piperidine rings is 2. The minimum atomic E-state index is -0.372. The Kier molecular flexibility index (Phi) is 8.97. The van der Waals surface area contributed by atoms with E-state index in [0.29, 0.717) is 24.4 Å². The van der Waals surface area contributed by atoms with Crippen LogP contribution in [0.5, 0.6) is 0 Å². The van der Waals surface area contributed by atoms with Gasteiger partial charge in [-0.1, -0.05) is 35.9 Å². The van der Waals surface area contributed by atoms with Crippen molar-refractivity contribution in [2.24, 2.45) is 7.05 Å². The van der Waals surface area contributed by atoms with Crippen LogP contribution in [0.1, 0.15) is 47.9 Å². The second-order valence-electron chi connectivity index (χ2n) is 12.2. The van der Waals surface area contributed by atoms with Crippen LogP contribution in [0.25, 0.3) is 0 Å². The first kappa shape index (κ1) is 30.2. The highest BCUT2D eigenvalue weighted by Gasteiger charge is 2.30. The van der Waals surface area contributed by atoms with Crippen LogP contribution in [0, 0.1) is 0 Å². The monoisotopic (exact) mass is 618 g/mol. The number of nitrogens with zero attached hydrogens (tertiary/aromatic N) is 6. The second-order valence-corrected chi connectivity index (χ2v) is 12.6. The molecule has 2 amide bonds. The van der Waals surface area contributed by atoms with Crippen LogP contribution in [-0.4, -0.2) is 88.7 Å². The molecule has 2 aromatic heterocycles. The van der Waals surface area contributed by atoms with Gasteiger partial charge < -0.3 is 15.1 Å². The number of aromatic nitrogens is 3. The van der Waals surface area contributed by atoms with Gasteiger partial charge in [0.25, 0.3) is 5.56 Å². The van der Waals surface area contributed by atoms with E-state index in [1.165, 1.54) is 15.8 Å². The molecule has 44 heavy (non-hydrogen) atoms. The van der Waals surface area contributed by atoms with Gasteiger partial charge in [-0.15, -0.1) is 0 Å². The summed E-state index contributed by atoms with van der Waals surface area (Å²) in [6.07, 6.45) is 5.18. The smallest absolute Gasteiger partial charge is 0.287 e. The minimum Gasteiger partial charge on any atom is -0.378 e. The summed E-state index contributed by atoms with van der Waals surface area (Å²) < 4.78 is 1.24. The summed E-state index contributed by atoms with van der Waals surface area (Å²) >= 11 is 6.31. The van der Waals surface area contributed by atoms with Crippen molar-refractivity contribution in [3.63, 3.8) is 0 Å². The van der Waals surface area contributed by atoms with Crippen molar-refractivity contribution in [2.45, 2.75) is 43.7 Å². The molecule has 0 bridgehead atoms. The number of aryl methyl sites for hydroxylation is 1. The van der Waals surface area contributed by atoms with Crippen molar-refractivity contribution in [1.82, 2.24) is 29.9 Å². The molecule has 3 aliphatic rings. The molecule has 1 unspecified atom stereocenters. The predicted molar refractivity (Wildman–Crippen MR) is 170 cm³/mol. The molecule has 2 N–H and O–H groups in total. The van der Waals surface area contributed by atoms with Gasteiger partial charge in [-0.2, -0.15) is 5.10 Å². The SMILES string of the molecule is CN1C[C@H](Nc2cnn(C)c(=O)c2Cl)C[C@H](c2ccc(CN3CCN(c4ccnc(C5CCC(=O)NC5=O)c4)CC3)cc2)C1. The second kappa shape index (κ2) is 13.1. The molecule has 3 aliphatic heterocycles. The van der Waals surface area contributed by atoms with Gasteiger partial charge in [-0.25, -0.2) is 4.68 Å². The molecule has 0 spiro atoms. The summed E-state index contributed by atoms with van der Waals surface area (Å²) in [5.41, 5.74) is 4.70. The normalized spacial score (nSPS) is 23.4. The third-order valence-electron chi connectivity index (χ3n) is 9.03. The van der Waals surface area contributed by atoms with E-state index in [4.69, 9.17) is 11.6 Å². The Bertz CT molecular complexity index is 1570. The summed E-state index contributed by atoms with van der Waals surface area (Å²) in [7, 11) is 3.72. The number of nitrogens with one attached hydrogen (secondary N) is 2. The van der Waals surface area contributed by atoms with Gasteiger partial charge in [0.2, 0.25) is 11.8 Å². The van der Waals surface area contributed by atoms with E-state index < -0.39 is 0 Å². The quantitative estimate of drug-likeness (QED) is 0.386. The number of rotatable bonds is 7. The molecule has 12 heteroatoms. The van der Waals surface area contributed by atoms with Gasteiger partial charge in [-0.05, 0) is 49.1 Å². The molecule has 3 saturated heterocycles. The molecule has 0 aliphatic carbocycles. The van der Waals surface area contributed by atoms with Crippen molar-refractivity contribution in [3.05, 3.63) is 81.0 Å².